The van der Waals surface area contributed by atoms with E-state index < -0.39 is 6.10 Å². The summed E-state index contributed by atoms with van der Waals surface area (Å²) < 4.78 is 5.13. The molecule has 0 bridgehead atoms. The summed E-state index contributed by atoms with van der Waals surface area (Å²) >= 11 is 6.07. The van der Waals surface area contributed by atoms with Gasteiger partial charge in [-0.15, -0.1) is 0 Å². The predicted molar refractivity (Wildman–Crippen MR) is 93.8 cm³/mol. The van der Waals surface area contributed by atoms with Gasteiger partial charge in [0.05, 0.1) is 12.8 Å². The number of nitrogens with zero attached hydrogens (tertiary/aromatic N) is 1. The molecule has 1 amide bonds. The van der Waals surface area contributed by atoms with Gasteiger partial charge in [0.1, 0.15) is 5.75 Å². The van der Waals surface area contributed by atoms with E-state index in [-0.39, 0.29) is 5.91 Å². The number of nitrogens with one attached hydrogen (secondary N) is 1. The zero-order valence-electron chi connectivity index (χ0n) is 13.4. The maximum Gasteiger partial charge on any atom is 0.268 e. The van der Waals surface area contributed by atoms with Crippen LogP contribution in [0.4, 0.5) is 5.69 Å². The summed E-state index contributed by atoms with van der Waals surface area (Å²) in [5.41, 5.74) is 3.14. The van der Waals surface area contributed by atoms with Gasteiger partial charge < -0.3 is 14.9 Å². The first kappa shape index (κ1) is 16.3. The molecule has 1 aliphatic heterocycles. The van der Waals surface area contributed by atoms with Gasteiger partial charge in [0.2, 0.25) is 6.10 Å². The van der Waals surface area contributed by atoms with Crippen LogP contribution in [-0.4, -0.2) is 24.8 Å². The van der Waals surface area contributed by atoms with Crippen LogP contribution in [0.25, 0.3) is 0 Å². The van der Waals surface area contributed by atoms with Crippen LogP contribution in [0.5, 0.6) is 5.75 Å². The van der Waals surface area contributed by atoms with Crippen LogP contribution in [0, 0.1) is 6.92 Å². The van der Waals surface area contributed by atoms with Crippen molar-refractivity contribution in [3.63, 3.8) is 0 Å². The molecule has 1 atom stereocenters. The average molecular weight is 345 g/mol. The fourth-order valence-electron chi connectivity index (χ4n) is 2.43. The fraction of sp³-hybridized carbons (Fsp3) is 0.222. The Labute approximate surface area is 145 Å². The standard InChI is InChI=1S/C18H17ClN2O3/c1-11-14(19)4-3-5-15(11)20-18(22)17-10-16(21-24-17)12-6-8-13(23-2)9-7-12/h3-9,17H,10H2,1-2H3,(H,20,22). The van der Waals surface area contributed by atoms with Gasteiger partial charge in [0, 0.05) is 17.1 Å². The molecule has 1 N–H and O–H groups in total. The lowest BCUT2D eigenvalue weighted by Crippen LogP contribution is -2.28. The van der Waals surface area contributed by atoms with Gasteiger partial charge in [-0.3, -0.25) is 4.79 Å². The van der Waals surface area contributed by atoms with E-state index in [0.29, 0.717) is 17.1 Å². The number of hydrogen-bond acceptors (Lipinski definition) is 4. The van der Waals surface area contributed by atoms with Crippen LogP contribution >= 0.6 is 11.6 Å². The van der Waals surface area contributed by atoms with Crippen LogP contribution in [0.2, 0.25) is 5.02 Å². The third kappa shape index (κ3) is 3.36. The molecule has 3 rings (SSSR count). The summed E-state index contributed by atoms with van der Waals surface area (Å²) in [6.45, 7) is 1.85. The molecule has 0 saturated carbocycles. The minimum Gasteiger partial charge on any atom is -0.497 e. The van der Waals surface area contributed by atoms with E-state index in [1.807, 2.05) is 31.2 Å². The van der Waals surface area contributed by atoms with Crippen molar-refractivity contribution in [3.8, 4) is 5.75 Å². The molecule has 5 nitrogen and oxygen atoms in total. The highest BCUT2D eigenvalue weighted by Crippen LogP contribution is 2.25. The number of carbonyl (C=O) groups is 1. The number of amides is 1. The lowest BCUT2D eigenvalue weighted by Gasteiger charge is -2.12. The Morgan fingerprint density at radius 2 is 2.04 bits per heavy atom. The average Bonchev–Trinajstić information content (AvgIpc) is 3.09. The molecule has 1 aliphatic rings. The SMILES string of the molecule is COc1ccc(C2=NOC(C(=O)Nc3cccc(Cl)c3C)C2)cc1. The molecule has 24 heavy (non-hydrogen) atoms. The number of hydrogen-bond donors (Lipinski definition) is 1. The number of methoxy groups -OCH3 is 1. The summed E-state index contributed by atoms with van der Waals surface area (Å²) in [5.74, 6) is 0.525. The second-order valence-electron chi connectivity index (χ2n) is 5.47. The summed E-state index contributed by atoms with van der Waals surface area (Å²) in [4.78, 5) is 17.7. The number of halogens is 1. The first-order valence-corrected chi connectivity index (χ1v) is 7.89. The van der Waals surface area contributed by atoms with Crippen molar-refractivity contribution in [2.75, 3.05) is 12.4 Å². The van der Waals surface area contributed by atoms with Gasteiger partial charge in [-0.1, -0.05) is 22.8 Å². The summed E-state index contributed by atoms with van der Waals surface area (Å²) in [6.07, 6.45) is -0.238. The number of carbonyl (C=O) groups excluding carboxylic acids is 1. The van der Waals surface area contributed by atoms with Crippen LogP contribution in [-0.2, 0) is 9.63 Å². The first-order valence-electron chi connectivity index (χ1n) is 7.51. The van der Waals surface area contributed by atoms with Crippen molar-refractivity contribution in [2.24, 2.45) is 5.16 Å². The first-order chi connectivity index (χ1) is 11.6. The second kappa shape index (κ2) is 6.93. The minimum atomic E-state index is -0.652. The summed E-state index contributed by atoms with van der Waals surface area (Å²) in [6, 6.07) is 12.9. The molecule has 0 saturated heterocycles. The monoisotopic (exact) mass is 344 g/mol. The summed E-state index contributed by atoms with van der Waals surface area (Å²) in [5, 5.41) is 7.48. The number of anilines is 1. The highest BCUT2D eigenvalue weighted by atomic mass is 35.5. The smallest absolute Gasteiger partial charge is 0.268 e. The topological polar surface area (TPSA) is 59.9 Å². The molecule has 0 fully saturated rings. The largest absolute Gasteiger partial charge is 0.497 e. The fourth-order valence-corrected chi connectivity index (χ4v) is 2.60. The van der Waals surface area contributed by atoms with Gasteiger partial charge in [0.25, 0.3) is 5.91 Å². The Balaban J connectivity index is 1.65. The molecule has 1 unspecified atom stereocenters. The molecule has 6 heteroatoms. The second-order valence-corrected chi connectivity index (χ2v) is 5.87. The van der Waals surface area contributed by atoms with Crippen LogP contribution in [0.3, 0.4) is 0 Å². The molecule has 124 valence electrons. The third-order valence-electron chi connectivity index (χ3n) is 3.91. The molecule has 1 heterocycles. The van der Waals surface area contributed by atoms with Gasteiger partial charge in [-0.2, -0.15) is 0 Å². The zero-order valence-corrected chi connectivity index (χ0v) is 14.1. The highest BCUT2D eigenvalue weighted by molar-refractivity contribution is 6.31. The number of oxime groups is 1. The van der Waals surface area contributed by atoms with E-state index in [4.69, 9.17) is 21.2 Å². The van der Waals surface area contributed by atoms with Crippen molar-refractivity contribution >= 4 is 28.9 Å². The maximum atomic E-state index is 12.4. The predicted octanol–water partition coefficient (Wildman–Crippen LogP) is 3.79. The van der Waals surface area contributed by atoms with E-state index in [1.54, 1.807) is 25.3 Å². The zero-order chi connectivity index (χ0) is 17.1. The normalized spacial score (nSPS) is 16.3. The molecule has 2 aromatic rings. The molecular formula is C18H17ClN2O3. The Kier molecular flexibility index (Phi) is 4.71. The molecule has 0 aliphatic carbocycles. The van der Waals surface area contributed by atoms with E-state index in [2.05, 4.69) is 10.5 Å². The highest BCUT2D eigenvalue weighted by Gasteiger charge is 2.29. The Bertz CT molecular complexity index is 787. The van der Waals surface area contributed by atoms with E-state index in [1.165, 1.54) is 0 Å². The lowest BCUT2D eigenvalue weighted by atomic mass is 10.0. The lowest BCUT2D eigenvalue weighted by molar-refractivity contribution is -0.125. The number of ether oxygens (including phenoxy) is 1. The van der Waals surface area contributed by atoms with Gasteiger partial charge in [-0.05, 0) is 54.4 Å². The van der Waals surface area contributed by atoms with E-state index in [9.17, 15) is 4.79 Å². The van der Waals surface area contributed by atoms with Gasteiger partial charge in [0.15, 0.2) is 0 Å². The van der Waals surface area contributed by atoms with E-state index in [0.717, 1.165) is 22.6 Å². The van der Waals surface area contributed by atoms with Crippen molar-refractivity contribution < 1.29 is 14.4 Å². The summed E-state index contributed by atoms with van der Waals surface area (Å²) in [7, 11) is 1.61. The van der Waals surface area contributed by atoms with Crippen LogP contribution < -0.4 is 10.1 Å². The molecule has 2 aromatic carbocycles. The Morgan fingerprint density at radius 1 is 1.29 bits per heavy atom. The third-order valence-corrected chi connectivity index (χ3v) is 4.32. The molecule has 0 radical (unpaired) electrons. The molecular weight excluding hydrogens is 328 g/mol. The van der Waals surface area contributed by atoms with E-state index >= 15 is 0 Å². The van der Waals surface area contributed by atoms with Gasteiger partial charge >= 0.3 is 0 Å². The van der Waals surface area contributed by atoms with Crippen molar-refractivity contribution in [1.82, 2.24) is 0 Å². The quantitative estimate of drug-likeness (QED) is 0.918. The van der Waals surface area contributed by atoms with Crippen molar-refractivity contribution in [2.45, 2.75) is 19.4 Å². The Hall–Kier alpha value is -2.53. The van der Waals surface area contributed by atoms with Gasteiger partial charge in [-0.25, -0.2) is 0 Å². The van der Waals surface area contributed by atoms with Crippen molar-refractivity contribution in [1.29, 1.82) is 0 Å². The van der Waals surface area contributed by atoms with Crippen LogP contribution in [0.15, 0.2) is 47.6 Å². The van der Waals surface area contributed by atoms with Crippen LogP contribution in [0.1, 0.15) is 17.5 Å². The maximum absolute atomic E-state index is 12.4. The minimum absolute atomic E-state index is 0.243. The number of rotatable bonds is 4. The van der Waals surface area contributed by atoms with Crippen molar-refractivity contribution in [3.05, 3.63) is 58.6 Å². The number of benzene rings is 2. The molecule has 0 aromatic heterocycles. The molecule has 0 spiro atoms. The Morgan fingerprint density at radius 3 is 2.75 bits per heavy atom.